The van der Waals surface area contributed by atoms with Crippen LogP contribution in [-0.4, -0.2) is 21.6 Å². The summed E-state index contributed by atoms with van der Waals surface area (Å²) < 4.78 is 1.66. The van der Waals surface area contributed by atoms with Crippen LogP contribution in [0, 0.1) is 20.8 Å². The van der Waals surface area contributed by atoms with Gasteiger partial charge in [-0.15, -0.1) is 0 Å². The molecule has 1 heteroatoms. The van der Waals surface area contributed by atoms with Crippen LogP contribution in [0.3, 0.4) is 0 Å². The fourth-order valence-corrected chi connectivity index (χ4v) is 3.91. The van der Waals surface area contributed by atoms with Crippen molar-refractivity contribution in [3.63, 3.8) is 0 Å². The van der Waals surface area contributed by atoms with Gasteiger partial charge in [0.15, 0.2) is 0 Å². The molecule has 0 heterocycles. The first-order chi connectivity index (χ1) is 5.15. The fourth-order valence-electron chi connectivity index (χ4n) is 1.53. The predicted molar refractivity (Wildman–Crippen MR) is 51.9 cm³/mol. The normalized spacial score (nSPS) is 10.2. The first-order valence-corrected chi connectivity index (χ1v) is 7.65. The van der Waals surface area contributed by atoms with Crippen molar-refractivity contribution in [3.05, 3.63) is 28.8 Å². The number of benzene rings is 1. The Morgan fingerprint density at radius 2 is 1.45 bits per heavy atom. The molecule has 1 radical (unpaired) electrons. The van der Waals surface area contributed by atoms with Gasteiger partial charge in [0.1, 0.15) is 0 Å². The SMILES string of the molecule is [CH3][Sb][c]1c(C)cc(C)cc1C. The molecule has 0 bridgehead atoms. The second-order valence-electron chi connectivity index (χ2n) is 2.97. The van der Waals surface area contributed by atoms with Crippen molar-refractivity contribution < 1.29 is 0 Å². The van der Waals surface area contributed by atoms with Gasteiger partial charge in [-0.05, 0) is 0 Å². The van der Waals surface area contributed by atoms with Crippen LogP contribution in [0.2, 0.25) is 4.87 Å². The summed E-state index contributed by atoms with van der Waals surface area (Å²) in [5, 5.41) is 0. The predicted octanol–water partition coefficient (Wildman–Crippen LogP) is 1.99. The third-order valence-electron chi connectivity index (χ3n) is 1.86. The van der Waals surface area contributed by atoms with E-state index in [-0.39, 0.29) is 21.6 Å². The topological polar surface area (TPSA) is 0 Å². The van der Waals surface area contributed by atoms with Crippen LogP contribution in [0.4, 0.5) is 0 Å². The molecule has 0 amide bonds. The molecular formula is C10H14Sb. The standard InChI is InChI=1S/C9H11.CH3.Sb/c1-7-4-8(2)6-9(3)5-7;;/h4-5H,1-3H3;1H3;. The second-order valence-corrected chi connectivity index (χ2v) is 5.52. The molecule has 0 aromatic heterocycles. The van der Waals surface area contributed by atoms with Crippen molar-refractivity contribution in [2.24, 2.45) is 0 Å². The second kappa shape index (κ2) is 3.63. The van der Waals surface area contributed by atoms with Crippen LogP contribution in [-0.2, 0) is 0 Å². The minimum atomic E-state index is -0.0733. The third-order valence-corrected chi connectivity index (χ3v) is 5.15. The molecule has 0 aliphatic heterocycles. The van der Waals surface area contributed by atoms with Crippen molar-refractivity contribution in [1.29, 1.82) is 0 Å². The Morgan fingerprint density at radius 1 is 1.00 bits per heavy atom. The van der Waals surface area contributed by atoms with Gasteiger partial charge in [0.2, 0.25) is 0 Å². The zero-order valence-corrected chi connectivity index (χ0v) is 10.2. The molecule has 0 saturated carbocycles. The van der Waals surface area contributed by atoms with E-state index in [9.17, 15) is 0 Å². The van der Waals surface area contributed by atoms with Crippen LogP contribution in [0.5, 0.6) is 0 Å². The summed E-state index contributed by atoms with van der Waals surface area (Å²) in [6.45, 7) is 6.63. The Bertz CT molecular complexity index is 241. The monoisotopic (exact) mass is 255 g/mol. The van der Waals surface area contributed by atoms with Crippen LogP contribution in [0.1, 0.15) is 16.7 Å². The van der Waals surface area contributed by atoms with E-state index >= 15 is 0 Å². The summed E-state index contributed by atoms with van der Waals surface area (Å²) in [7, 11) is 0. The first-order valence-electron chi connectivity index (χ1n) is 3.83. The van der Waals surface area contributed by atoms with Gasteiger partial charge in [-0.3, -0.25) is 0 Å². The van der Waals surface area contributed by atoms with Crippen molar-refractivity contribution in [2.75, 3.05) is 0 Å². The molecule has 0 nitrogen and oxygen atoms in total. The summed E-state index contributed by atoms with van der Waals surface area (Å²) in [6.07, 6.45) is 0. The van der Waals surface area contributed by atoms with Crippen LogP contribution in [0.15, 0.2) is 12.1 Å². The first kappa shape index (κ1) is 9.13. The number of aryl methyl sites for hydroxylation is 3. The van der Waals surface area contributed by atoms with Crippen LogP contribution < -0.4 is 3.51 Å². The molecule has 1 aromatic carbocycles. The molecule has 0 unspecified atom stereocenters. The van der Waals surface area contributed by atoms with Crippen molar-refractivity contribution >= 4 is 25.1 Å². The number of rotatable bonds is 1. The number of hydrogen-bond acceptors (Lipinski definition) is 0. The Morgan fingerprint density at radius 3 is 1.82 bits per heavy atom. The van der Waals surface area contributed by atoms with E-state index in [0.29, 0.717) is 0 Å². The van der Waals surface area contributed by atoms with Gasteiger partial charge in [0, 0.05) is 0 Å². The Hall–Kier alpha value is 0.0382. The molecule has 1 rings (SSSR count). The molecule has 0 N–H and O–H groups in total. The maximum atomic E-state index is 2.36. The molecule has 1 aromatic rings. The number of hydrogen-bond donors (Lipinski definition) is 0. The van der Waals surface area contributed by atoms with Gasteiger partial charge < -0.3 is 0 Å². The van der Waals surface area contributed by atoms with E-state index < -0.39 is 0 Å². The summed E-state index contributed by atoms with van der Waals surface area (Å²) in [6, 6.07) is 4.59. The van der Waals surface area contributed by atoms with Crippen molar-refractivity contribution in [2.45, 2.75) is 25.6 Å². The van der Waals surface area contributed by atoms with Gasteiger partial charge in [0.25, 0.3) is 0 Å². The van der Waals surface area contributed by atoms with E-state index in [1.165, 1.54) is 16.7 Å². The molecule has 0 fully saturated rings. The fraction of sp³-hybridized carbons (Fsp3) is 0.400. The van der Waals surface area contributed by atoms with Gasteiger partial charge in [-0.1, -0.05) is 0 Å². The molecule has 11 heavy (non-hydrogen) atoms. The quantitative estimate of drug-likeness (QED) is 0.674. The average molecular weight is 256 g/mol. The summed E-state index contributed by atoms with van der Waals surface area (Å²) >= 11 is -0.0733. The average Bonchev–Trinajstić information content (AvgIpc) is 1.85. The zero-order chi connectivity index (χ0) is 8.43. The van der Waals surface area contributed by atoms with Crippen LogP contribution >= 0.6 is 0 Å². The van der Waals surface area contributed by atoms with Gasteiger partial charge in [-0.25, -0.2) is 0 Å². The summed E-state index contributed by atoms with van der Waals surface area (Å²) in [5.41, 5.74) is 4.40. The Kier molecular flexibility index (Phi) is 3.01. The minimum absolute atomic E-state index is 0.0733. The zero-order valence-electron chi connectivity index (χ0n) is 7.60. The molecule has 59 valence electrons. The molecular weight excluding hydrogens is 242 g/mol. The van der Waals surface area contributed by atoms with Gasteiger partial charge >= 0.3 is 79.6 Å². The summed E-state index contributed by atoms with van der Waals surface area (Å²) in [5.74, 6) is 0. The van der Waals surface area contributed by atoms with Crippen LogP contribution in [0.25, 0.3) is 0 Å². The van der Waals surface area contributed by atoms with Crippen molar-refractivity contribution in [1.82, 2.24) is 0 Å². The summed E-state index contributed by atoms with van der Waals surface area (Å²) in [4.78, 5) is 2.36. The maximum absolute atomic E-state index is 2.36. The van der Waals surface area contributed by atoms with Gasteiger partial charge in [0.05, 0.1) is 0 Å². The third kappa shape index (κ3) is 1.99. The molecule has 0 aliphatic carbocycles. The van der Waals surface area contributed by atoms with Gasteiger partial charge in [-0.2, -0.15) is 0 Å². The van der Waals surface area contributed by atoms with E-state index in [1.54, 1.807) is 3.51 Å². The van der Waals surface area contributed by atoms with E-state index in [0.717, 1.165) is 0 Å². The van der Waals surface area contributed by atoms with E-state index in [4.69, 9.17) is 0 Å². The molecule has 0 saturated heterocycles. The molecule has 0 spiro atoms. The molecule has 0 atom stereocenters. The van der Waals surface area contributed by atoms with E-state index in [2.05, 4.69) is 37.8 Å². The van der Waals surface area contributed by atoms with E-state index in [1.807, 2.05) is 0 Å². The van der Waals surface area contributed by atoms with Crippen molar-refractivity contribution in [3.8, 4) is 0 Å². The Balaban J connectivity index is 3.25. The Labute approximate surface area is 79.5 Å². The molecule has 0 aliphatic rings.